The van der Waals surface area contributed by atoms with Crippen molar-refractivity contribution in [1.29, 1.82) is 0 Å². The van der Waals surface area contributed by atoms with Crippen molar-refractivity contribution in [3.63, 3.8) is 0 Å². The van der Waals surface area contributed by atoms with Gasteiger partial charge < -0.3 is 9.84 Å². The fourth-order valence-corrected chi connectivity index (χ4v) is 2.85. The average molecular weight is 305 g/mol. The van der Waals surface area contributed by atoms with E-state index >= 15 is 0 Å². The summed E-state index contributed by atoms with van der Waals surface area (Å²) in [5.41, 5.74) is 0.579. The molecule has 1 amide bonds. The van der Waals surface area contributed by atoms with Gasteiger partial charge in [-0.2, -0.15) is 0 Å². The zero-order valence-corrected chi connectivity index (χ0v) is 12.9. The molecule has 1 aliphatic carbocycles. The second kappa shape index (κ2) is 7.94. The largest absolute Gasteiger partial charge is 0.480 e. The van der Waals surface area contributed by atoms with Crippen LogP contribution in [0.3, 0.4) is 0 Å². The zero-order valence-electron chi connectivity index (χ0n) is 12.9. The number of hydrogen-bond acceptors (Lipinski definition) is 3. The molecular formula is C17H23NO4. The van der Waals surface area contributed by atoms with Crippen LogP contribution in [-0.4, -0.2) is 36.2 Å². The Bertz CT molecular complexity index is 503. The SMILES string of the molecule is CC1CCCCC1OCC(=O)N(CC(=O)O)c1ccccc1. The number of anilines is 1. The molecule has 0 spiro atoms. The number of benzene rings is 1. The van der Waals surface area contributed by atoms with Gasteiger partial charge in [-0.1, -0.05) is 38.0 Å². The van der Waals surface area contributed by atoms with Gasteiger partial charge in [0.1, 0.15) is 13.2 Å². The second-order valence-corrected chi connectivity index (χ2v) is 5.82. The van der Waals surface area contributed by atoms with E-state index in [1.165, 1.54) is 11.3 Å². The number of carboxylic acids is 1. The predicted octanol–water partition coefficient (Wildman–Crippen LogP) is 2.70. The highest BCUT2D eigenvalue weighted by Crippen LogP contribution is 2.26. The molecule has 0 saturated heterocycles. The number of carbonyl (C=O) groups is 2. The molecule has 0 aliphatic heterocycles. The summed E-state index contributed by atoms with van der Waals surface area (Å²) in [6, 6.07) is 8.84. The summed E-state index contributed by atoms with van der Waals surface area (Å²) in [7, 11) is 0. The molecule has 2 atom stereocenters. The lowest BCUT2D eigenvalue weighted by molar-refractivity contribution is -0.137. The van der Waals surface area contributed by atoms with Crippen LogP contribution < -0.4 is 4.90 Å². The fraction of sp³-hybridized carbons (Fsp3) is 0.529. The van der Waals surface area contributed by atoms with Gasteiger partial charge in [-0.05, 0) is 30.9 Å². The molecule has 1 aromatic carbocycles. The Morgan fingerprint density at radius 1 is 1.23 bits per heavy atom. The third-order valence-electron chi connectivity index (χ3n) is 4.12. The van der Waals surface area contributed by atoms with E-state index < -0.39 is 5.97 Å². The van der Waals surface area contributed by atoms with E-state index in [1.807, 2.05) is 6.07 Å². The van der Waals surface area contributed by atoms with Crippen LogP contribution in [0.1, 0.15) is 32.6 Å². The normalized spacial score (nSPS) is 21.3. The third kappa shape index (κ3) is 4.56. The first-order valence-corrected chi connectivity index (χ1v) is 7.76. The molecule has 0 heterocycles. The number of ether oxygens (including phenoxy) is 1. The highest BCUT2D eigenvalue weighted by molar-refractivity contribution is 5.98. The number of para-hydroxylation sites is 1. The number of amides is 1. The molecule has 1 aromatic rings. The minimum Gasteiger partial charge on any atom is -0.480 e. The van der Waals surface area contributed by atoms with Crippen LogP contribution in [0.4, 0.5) is 5.69 Å². The second-order valence-electron chi connectivity index (χ2n) is 5.82. The highest BCUT2D eigenvalue weighted by Gasteiger charge is 2.25. The van der Waals surface area contributed by atoms with Crippen molar-refractivity contribution >= 4 is 17.6 Å². The van der Waals surface area contributed by atoms with Crippen molar-refractivity contribution in [2.24, 2.45) is 5.92 Å². The van der Waals surface area contributed by atoms with Crippen molar-refractivity contribution in [2.45, 2.75) is 38.7 Å². The van der Waals surface area contributed by atoms with Crippen LogP contribution in [0.15, 0.2) is 30.3 Å². The van der Waals surface area contributed by atoms with E-state index in [1.54, 1.807) is 24.3 Å². The number of aliphatic carboxylic acids is 1. The Balaban J connectivity index is 1.98. The van der Waals surface area contributed by atoms with Crippen LogP contribution >= 0.6 is 0 Å². The van der Waals surface area contributed by atoms with E-state index in [-0.39, 0.29) is 25.2 Å². The van der Waals surface area contributed by atoms with Crippen molar-refractivity contribution in [3.05, 3.63) is 30.3 Å². The molecule has 1 N–H and O–H groups in total. The number of carboxylic acid groups (broad SMARTS) is 1. The lowest BCUT2D eigenvalue weighted by Gasteiger charge is -2.29. The van der Waals surface area contributed by atoms with Gasteiger partial charge in [-0.3, -0.25) is 14.5 Å². The molecule has 120 valence electrons. The molecule has 1 aliphatic rings. The molecular weight excluding hydrogens is 282 g/mol. The third-order valence-corrected chi connectivity index (χ3v) is 4.12. The van der Waals surface area contributed by atoms with Gasteiger partial charge in [-0.15, -0.1) is 0 Å². The van der Waals surface area contributed by atoms with Crippen molar-refractivity contribution in [3.8, 4) is 0 Å². The summed E-state index contributed by atoms with van der Waals surface area (Å²) in [5.74, 6) is -0.902. The van der Waals surface area contributed by atoms with Gasteiger partial charge >= 0.3 is 5.97 Å². The summed E-state index contributed by atoms with van der Waals surface area (Å²) in [4.78, 5) is 24.6. The van der Waals surface area contributed by atoms with Gasteiger partial charge in [0.25, 0.3) is 5.91 Å². The summed E-state index contributed by atoms with van der Waals surface area (Å²) < 4.78 is 5.76. The van der Waals surface area contributed by atoms with E-state index in [2.05, 4.69) is 6.92 Å². The van der Waals surface area contributed by atoms with Crippen LogP contribution in [0.2, 0.25) is 0 Å². The van der Waals surface area contributed by atoms with E-state index in [0.29, 0.717) is 11.6 Å². The molecule has 0 bridgehead atoms. The molecule has 0 aromatic heterocycles. The van der Waals surface area contributed by atoms with Crippen molar-refractivity contribution < 1.29 is 19.4 Å². The van der Waals surface area contributed by atoms with Gasteiger partial charge in [0.15, 0.2) is 0 Å². The summed E-state index contributed by atoms with van der Waals surface area (Å²) in [5, 5.41) is 9.02. The number of carbonyl (C=O) groups excluding carboxylic acids is 1. The van der Waals surface area contributed by atoms with Gasteiger partial charge in [0.05, 0.1) is 6.10 Å². The highest BCUT2D eigenvalue weighted by atomic mass is 16.5. The maximum Gasteiger partial charge on any atom is 0.323 e. The minimum absolute atomic E-state index is 0.0722. The lowest BCUT2D eigenvalue weighted by Crippen LogP contribution is -2.39. The molecule has 5 heteroatoms. The molecule has 1 fully saturated rings. The first kappa shape index (κ1) is 16.5. The van der Waals surface area contributed by atoms with E-state index in [4.69, 9.17) is 9.84 Å². The Morgan fingerprint density at radius 3 is 2.55 bits per heavy atom. The average Bonchev–Trinajstić information content (AvgIpc) is 2.52. The lowest BCUT2D eigenvalue weighted by atomic mass is 9.88. The fourth-order valence-electron chi connectivity index (χ4n) is 2.85. The first-order chi connectivity index (χ1) is 10.6. The topological polar surface area (TPSA) is 66.8 Å². The van der Waals surface area contributed by atoms with Gasteiger partial charge in [0, 0.05) is 5.69 Å². The smallest absolute Gasteiger partial charge is 0.323 e. The quantitative estimate of drug-likeness (QED) is 0.877. The number of nitrogens with zero attached hydrogens (tertiary/aromatic N) is 1. The molecule has 22 heavy (non-hydrogen) atoms. The Morgan fingerprint density at radius 2 is 1.91 bits per heavy atom. The monoisotopic (exact) mass is 305 g/mol. The van der Waals surface area contributed by atoms with Gasteiger partial charge in [-0.25, -0.2) is 0 Å². The summed E-state index contributed by atoms with van der Waals surface area (Å²) in [6.07, 6.45) is 4.53. The molecule has 5 nitrogen and oxygen atoms in total. The Labute approximate surface area is 130 Å². The van der Waals surface area contributed by atoms with Crippen LogP contribution in [0.5, 0.6) is 0 Å². The standard InChI is InChI=1S/C17H23NO4/c1-13-7-5-6-10-15(13)22-12-16(19)18(11-17(20)21)14-8-3-2-4-9-14/h2-4,8-9,13,15H,5-7,10-12H2,1H3,(H,20,21). The molecule has 2 unspecified atom stereocenters. The predicted molar refractivity (Wildman–Crippen MR) is 83.8 cm³/mol. The van der Waals surface area contributed by atoms with E-state index in [9.17, 15) is 9.59 Å². The van der Waals surface area contributed by atoms with Crippen molar-refractivity contribution in [1.82, 2.24) is 0 Å². The summed E-state index contributed by atoms with van der Waals surface area (Å²) >= 11 is 0. The van der Waals surface area contributed by atoms with Crippen LogP contribution in [0.25, 0.3) is 0 Å². The Kier molecular flexibility index (Phi) is 5.95. The molecule has 2 rings (SSSR count). The van der Waals surface area contributed by atoms with Crippen LogP contribution in [-0.2, 0) is 14.3 Å². The van der Waals surface area contributed by atoms with Gasteiger partial charge in [0.2, 0.25) is 0 Å². The maximum atomic E-state index is 12.4. The van der Waals surface area contributed by atoms with Crippen molar-refractivity contribution in [2.75, 3.05) is 18.1 Å². The number of rotatable bonds is 6. The summed E-state index contributed by atoms with van der Waals surface area (Å²) in [6.45, 7) is 1.71. The van der Waals surface area contributed by atoms with E-state index in [0.717, 1.165) is 19.3 Å². The maximum absolute atomic E-state index is 12.4. The number of hydrogen-bond donors (Lipinski definition) is 1. The molecule has 1 saturated carbocycles. The first-order valence-electron chi connectivity index (χ1n) is 7.76. The van der Waals surface area contributed by atoms with Crippen LogP contribution in [0, 0.1) is 5.92 Å². The minimum atomic E-state index is -1.04. The molecule has 0 radical (unpaired) electrons. The zero-order chi connectivity index (χ0) is 15.9. The Hall–Kier alpha value is -1.88.